The molecule has 0 spiro atoms. The monoisotopic (exact) mass is 380 g/mol. The maximum absolute atomic E-state index is 13.4. The second kappa shape index (κ2) is 6.92. The maximum Gasteiger partial charge on any atom is 0.270 e. The van der Waals surface area contributed by atoms with Crippen molar-refractivity contribution in [1.82, 2.24) is 20.1 Å². The topological polar surface area (TPSA) is 68.4 Å². The van der Waals surface area contributed by atoms with Crippen molar-refractivity contribution in [3.8, 4) is 0 Å². The van der Waals surface area contributed by atoms with E-state index < -0.39 is 0 Å². The number of H-pyrrole nitrogens is 1. The van der Waals surface area contributed by atoms with Gasteiger partial charge in [-0.25, -0.2) is 0 Å². The van der Waals surface area contributed by atoms with Crippen LogP contribution in [0.2, 0.25) is 0 Å². The summed E-state index contributed by atoms with van der Waals surface area (Å²) in [7, 11) is 0. The summed E-state index contributed by atoms with van der Waals surface area (Å²) >= 11 is 0. The number of fused-ring (bicyclic) bond motifs is 2. The van der Waals surface area contributed by atoms with E-state index in [9.17, 15) is 9.59 Å². The van der Waals surface area contributed by atoms with Gasteiger partial charge in [-0.2, -0.15) is 0 Å². The maximum atomic E-state index is 13.4. The van der Waals surface area contributed by atoms with Crippen LogP contribution in [0.25, 0.3) is 10.9 Å². The first-order valence-corrected chi connectivity index (χ1v) is 10.5. The minimum Gasteiger partial charge on any atom is -0.351 e. The molecule has 0 unspecified atom stereocenters. The lowest BCUT2D eigenvalue weighted by molar-refractivity contribution is -0.146. The van der Waals surface area contributed by atoms with Crippen molar-refractivity contribution >= 4 is 22.7 Å². The van der Waals surface area contributed by atoms with E-state index in [-0.39, 0.29) is 11.3 Å². The third-order valence-electron chi connectivity index (χ3n) is 7.08. The van der Waals surface area contributed by atoms with Crippen LogP contribution >= 0.6 is 0 Å². The van der Waals surface area contributed by atoms with Crippen molar-refractivity contribution in [2.45, 2.75) is 25.7 Å². The number of benzene rings is 1. The van der Waals surface area contributed by atoms with Crippen LogP contribution in [0.15, 0.2) is 30.3 Å². The molecule has 3 heterocycles. The molecule has 5 rings (SSSR count). The molecule has 2 atom stereocenters. The van der Waals surface area contributed by atoms with Gasteiger partial charge in [0.2, 0.25) is 5.91 Å². The summed E-state index contributed by atoms with van der Waals surface area (Å²) in [6, 6.07) is 9.86. The molecular weight excluding hydrogens is 352 g/mol. The minimum absolute atomic E-state index is 0.0274. The van der Waals surface area contributed by atoms with E-state index in [0.717, 1.165) is 43.3 Å². The van der Waals surface area contributed by atoms with Crippen LogP contribution in [0.5, 0.6) is 0 Å². The third-order valence-corrected chi connectivity index (χ3v) is 7.08. The van der Waals surface area contributed by atoms with Gasteiger partial charge in [-0.1, -0.05) is 31.0 Å². The van der Waals surface area contributed by atoms with Crippen molar-refractivity contribution in [3.63, 3.8) is 0 Å². The Kier molecular flexibility index (Phi) is 4.38. The number of carbonyl (C=O) groups is 2. The minimum atomic E-state index is -0.193. The lowest BCUT2D eigenvalue weighted by Crippen LogP contribution is -2.56. The molecule has 1 aromatic heterocycles. The van der Waals surface area contributed by atoms with Crippen LogP contribution in [-0.4, -0.2) is 65.9 Å². The zero-order chi connectivity index (χ0) is 19.1. The zero-order valence-electron chi connectivity index (χ0n) is 16.2. The van der Waals surface area contributed by atoms with Gasteiger partial charge in [0.15, 0.2) is 0 Å². The molecule has 2 amide bonds. The number of piperazine rings is 1. The van der Waals surface area contributed by atoms with Crippen molar-refractivity contribution < 1.29 is 9.59 Å². The molecule has 6 heteroatoms. The van der Waals surface area contributed by atoms with E-state index in [1.807, 2.05) is 40.1 Å². The van der Waals surface area contributed by atoms with Crippen LogP contribution in [-0.2, 0) is 4.79 Å². The summed E-state index contributed by atoms with van der Waals surface area (Å²) in [5.41, 5.74) is 1.42. The average Bonchev–Trinajstić information content (AvgIpc) is 3.37. The molecule has 2 aromatic rings. The fourth-order valence-corrected chi connectivity index (χ4v) is 5.45. The van der Waals surface area contributed by atoms with Crippen LogP contribution in [0.1, 0.15) is 36.2 Å². The lowest BCUT2D eigenvalue weighted by atomic mass is 9.67. The van der Waals surface area contributed by atoms with Crippen molar-refractivity contribution in [2.24, 2.45) is 11.3 Å². The smallest absolute Gasteiger partial charge is 0.270 e. The summed E-state index contributed by atoms with van der Waals surface area (Å²) in [5.74, 6) is 0.833. The molecular formula is C22H28N4O2. The molecule has 1 aromatic carbocycles. The fraction of sp³-hybridized carbons (Fsp3) is 0.545. The zero-order valence-corrected chi connectivity index (χ0v) is 16.2. The summed E-state index contributed by atoms with van der Waals surface area (Å²) in [5, 5.41) is 4.52. The molecule has 3 aliphatic rings. The van der Waals surface area contributed by atoms with E-state index in [2.05, 4.69) is 10.3 Å². The molecule has 6 nitrogen and oxygen atoms in total. The van der Waals surface area contributed by atoms with E-state index in [4.69, 9.17) is 0 Å². The number of hydrogen-bond donors (Lipinski definition) is 2. The normalized spacial score (nSPS) is 27.8. The number of aromatic nitrogens is 1. The standard InChI is InChI=1S/C22H28N4O2/c27-20(19-13-16-5-1-2-7-18(16)24-19)25-9-11-26(12-10-25)21(28)22-8-4-3-6-17(22)14-23-15-22/h1-2,5,7,13,17,23-24H,3-4,6,8-12,14-15H2/t17-,22+/m0/s1. The highest BCUT2D eigenvalue weighted by molar-refractivity contribution is 5.98. The molecule has 0 bridgehead atoms. The quantitative estimate of drug-likeness (QED) is 0.840. The van der Waals surface area contributed by atoms with Crippen LogP contribution < -0.4 is 5.32 Å². The number of carbonyl (C=O) groups excluding carboxylic acids is 2. The molecule has 2 N–H and O–H groups in total. The Balaban J connectivity index is 1.26. The number of rotatable bonds is 2. The first kappa shape index (κ1) is 17.7. The highest BCUT2D eigenvalue weighted by Crippen LogP contribution is 2.45. The van der Waals surface area contributed by atoms with Gasteiger partial charge in [0.05, 0.1) is 5.41 Å². The van der Waals surface area contributed by atoms with E-state index in [0.29, 0.717) is 43.7 Å². The predicted molar refractivity (Wildman–Crippen MR) is 108 cm³/mol. The van der Waals surface area contributed by atoms with Crippen LogP contribution in [0, 0.1) is 11.3 Å². The number of nitrogens with zero attached hydrogens (tertiary/aromatic N) is 2. The van der Waals surface area contributed by atoms with Gasteiger partial charge in [0.1, 0.15) is 5.69 Å². The SMILES string of the molecule is O=C(c1cc2ccccc2[nH]1)N1CCN(C(=O)[C@@]23CCCC[C@H]2CNC3)CC1. The van der Waals surface area contributed by atoms with E-state index in [1.54, 1.807) is 0 Å². The largest absolute Gasteiger partial charge is 0.351 e. The third kappa shape index (κ3) is 2.82. The van der Waals surface area contributed by atoms with Gasteiger partial charge in [0, 0.05) is 43.6 Å². The Hall–Kier alpha value is -2.34. The Morgan fingerprint density at radius 2 is 1.82 bits per heavy atom. The second-order valence-electron chi connectivity index (χ2n) is 8.58. The summed E-state index contributed by atoms with van der Waals surface area (Å²) < 4.78 is 0. The van der Waals surface area contributed by atoms with Gasteiger partial charge in [-0.15, -0.1) is 0 Å². The molecule has 2 aliphatic heterocycles. The van der Waals surface area contributed by atoms with Gasteiger partial charge >= 0.3 is 0 Å². The summed E-state index contributed by atoms with van der Waals surface area (Å²) in [6.45, 7) is 4.29. The molecule has 1 aliphatic carbocycles. The van der Waals surface area contributed by atoms with Gasteiger partial charge in [-0.05, 0) is 37.4 Å². The summed E-state index contributed by atoms with van der Waals surface area (Å²) in [6.07, 6.45) is 4.58. The summed E-state index contributed by atoms with van der Waals surface area (Å²) in [4.78, 5) is 33.4. The molecule has 28 heavy (non-hydrogen) atoms. The average molecular weight is 380 g/mol. The highest BCUT2D eigenvalue weighted by Gasteiger charge is 2.51. The molecule has 3 fully saturated rings. The first-order chi connectivity index (χ1) is 13.7. The highest BCUT2D eigenvalue weighted by atomic mass is 16.2. The van der Waals surface area contributed by atoms with Crippen LogP contribution in [0.3, 0.4) is 0 Å². The second-order valence-corrected chi connectivity index (χ2v) is 8.58. The number of nitrogens with one attached hydrogen (secondary N) is 2. The molecule has 0 radical (unpaired) electrons. The molecule has 2 saturated heterocycles. The van der Waals surface area contributed by atoms with Gasteiger partial charge in [0.25, 0.3) is 5.91 Å². The van der Waals surface area contributed by atoms with Crippen LogP contribution in [0.4, 0.5) is 0 Å². The van der Waals surface area contributed by atoms with Gasteiger partial charge < -0.3 is 20.1 Å². The van der Waals surface area contributed by atoms with Gasteiger partial charge in [-0.3, -0.25) is 9.59 Å². The number of para-hydroxylation sites is 1. The number of aromatic amines is 1. The predicted octanol–water partition coefficient (Wildman–Crippen LogP) is 2.23. The lowest BCUT2D eigenvalue weighted by Gasteiger charge is -2.43. The Bertz CT molecular complexity index is 866. The van der Waals surface area contributed by atoms with Crippen molar-refractivity contribution in [2.75, 3.05) is 39.3 Å². The fourth-order valence-electron chi connectivity index (χ4n) is 5.45. The van der Waals surface area contributed by atoms with Crippen molar-refractivity contribution in [1.29, 1.82) is 0 Å². The number of hydrogen-bond acceptors (Lipinski definition) is 3. The Labute approximate surface area is 165 Å². The molecule has 1 saturated carbocycles. The molecule has 148 valence electrons. The first-order valence-electron chi connectivity index (χ1n) is 10.5. The number of amides is 2. The van der Waals surface area contributed by atoms with E-state index >= 15 is 0 Å². The van der Waals surface area contributed by atoms with Crippen molar-refractivity contribution in [3.05, 3.63) is 36.0 Å². The Morgan fingerprint density at radius 3 is 2.64 bits per heavy atom. The Morgan fingerprint density at radius 1 is 1.04 bits per heavy atom. The van der Waals surface area contributed by atoms with E-state index in [1.165, 1.54) is 6.42 Å².